The molecule has 4 heteroatoms. The van der Waals surface area contributed by atoms with Crippen molar-refractivity contribution in [2.75, 3.05) is 17.6 Å². The molecule has 1 aromatic carbocycles. The number of benzene rings is 1. The van der Waals surface area contributed by atoms with Crippen LogP contribution in [0, 0.1) is 0 Å². The molecule has 3 nitrogen and oxygen atoms in total. The maximum atomic E-state index is 10.8. The third kappa shape index (κ3) is 2.95. The molecule has 2 unspecified atom stereocenters. The fraction of sp³-hybridized carbons (Fsp3) is 0.500. The van der Waals surface area contributed by atoms with E-state index in [-0.39, 0.29) is 0 Å². The lowest BCUT2D eigenvalue weighted by Gasteiger charge is -2.45. The largest absolute Gasteiger partial charge is 0.387 e. The Morgan fingerprint density at radius 2 is 2.18 bits per heavy atom. The zero-order valence-electron chi connectivity index (χ0n) is 13.3. The highest BCUT2D eigenvalue weighted by Crippen LogP contribution is 2.41. The van der Waals surface area contributed by atoms with Crippen LogP contribution in [-0.2, 0) is 6.42 Å². The fourth-order valence-electron chi connectivity index (χ4n) is 3.04. The summed E-state index contributed by atoms with van der Waals surface area (Å²) >= 11 is 1.87. The summed E-state index contributed by atoms with van der Waals surface area (Å²) in [4.78, 5) is 4.67. The van der Waals surface area contributed by atoms with Gasteiger partial charge in [0.15, 0.2) is 0 Å². The molecular formula is C18H24N2OS. The number of aromatic nitrogens is 1. The topological polar surface area (TPSA) is 45.1 Å². The molecule has 1 heterocycles. The number of thioether (sulfide) groups is 1. The molecule has 2 atom stereocenters. The number of aryl methyl sites for hydroxylation is 1. The van der Waals surface area contributed by atoms with Crippen molar-refractivity contribution in [2.45, 2.75) is 44.0 Å². The average Bonchev–Trinajstić information content (AvgIpc) is 2.55. The van der Waals surface area contributed by atoms with Crippen molar-refractivity contribution in [3.8, 4) is 0 Å². The van der Waals surface area contributed by atoms with Gasteiger partial charge >= 0.3 is 0 Å². The number of rotatable bonds is 6. The molecule has 0 spiro atoms. The van der Waals surface area contributed by atoms with Gasteiger partial charge in [-0.05, 0) is 37.1 Å². The molecule has 0 bridgehead atoms. The Labute approximate surface area is 136 Å². The minimum atomic E-state index is -0.572. The number of anilines is 1. The first-order valence-corrected chi connectivity index (χ1v) is 9.17. The zero-order chi connectivity index (χ0) is 15.6. The van der Waals surface area contributed by atoms with Gasteiger partial charge in [0.05, 0.1) is 11.1 Å². The Morgan fingerprint density at radius 3 is 2.86 bits per heavy atom. The van der Waals surface area contributed by atoms with E-state index in [0.29, 0.717) is 11.8 Å². The average molecular weight is 316 g/mol. The summed E-state index contributed by atoms with van der Waals surface area (Å²) in [6, 6.07) is 10.3. The second kappa shape index (κ2) is 6.47. The van der Waals surface area contributed by atoms with Crippen LogP contribution in [0.3, 0.4) is 0 Å². The molecular weight excluding hydrogens is 292 g/mol. The van der Waals surface area contributed by atoms with E-state index >= 15 is 0 Å². The van der Waals surface area contributed by atoms with Crippen LogP contribution in [0.2, 0.25) is 0 Å². The van der Waals surface area contributed by atoms with Crippen LogP contribution in [0.1, 0.15) is 32.4 Å². The third-order valence-electron chi connectivity index (χ3n) is 4.52. The summed E-state index contributed by atoms with van der Waals surface area (Å²) in [5, 5.41) is 15.7. The van der Waals surface area contributed by atoms with Gasteiger partial charge in [0.1, 0.15) is 0 Å². The Bertz CT molecular complexity index is 661. The third-order valence-corrected chi connectivity index (χ3v) is 5.93. The van der Waals surface area contributed by atoms with Gasteiger partial charge in [0.2, 0.25) is 0 Å². The van der Waals surface area contributed by atoms with Crippen LogP contribution >= 0.6 is 11.8 Å². The fourth-order valence-corrected chi connectivity index (χ4v) is 4.24. The van der Waals surface area contributed by atoms with Crippen molar-refractivity contribution in [3.05, 3.63) is 36.0 Å². The first-order valence-electron chi connectivity index (χ1n) is 8.13. The number of hydrogen-bond donors (Lipinski definition) is 2. The van der Waals surface area contributed by atoms with Crippen LogP contribution in [0.4, 0.5) is 5.69 Å². The van der Waals surface area contributed by atoms with Gasteiger partial charge in [-0.2, -0.15) is 11.8 Å². The van der Waals surface area contributed by atoms with Crippen LogP contribution in [0.15, 0.2) is 30.3 Å². The predicted octanol–water partition coefficient (Wildman–Crippen LogP) is 3.86. The Morgan fingerprint density at radius 1 is 1.36 bits per heavy atom. The highest BCUT2D eigenvalue weighted by Gasteiger charge is 2.44. The van der Waals surface area contributed by atoms with E-state index in [0.717, 1.165) is 47.3 Å². The van der Waals surface area contributed by atoms with E-state index in [1.165, 1.54) is 0 Å². The van der Waals surface area contributed by atoms with Gasteiger partial charge < -0.3 is 10.4 Å². The normalized spacial score (nSPS) is 24.2. The number of para-hydroxylation sites is 1. The van der Waals surface area contributed by atoms with Crippen molar-refractivity contribution in [3.63, 3.8) is 0 Å². The second-order valence-corrected chi connectivity index (χ2v) is 7.45. The molecule has 118 valence electrons. The molecule has 1 fully saturated rings. The zero-order valence-corrected chi connectivity index (χ0v) is 14.1. The first kappa shape index (κ1) is 15.6. The van der Waals surface area contributed by atoms with E-state index in [1.807, 2.05) is 30.0 Å². The summed E-state index contributed by atoms with van der Waals surface area (Å²) < 4.78 is 0. The molecule has 1 aliphatic carbocycles. The van der Waals surface area contributed by atoms with E-state index in [1.54, 1.807) is 0 Å². The summed E-state index contributed by atoms with van der Waals surface area (Å²) in [5.74, 6) is 1.06. The van der Waals surface area contributed by atoms with Crippen molar-refractivity contribution >= 4 is 28.4 Å². The maximum Gasteiger partial charge on any atom is 0.0937 e. The van der Waals surface area contributed by atoms with Gasteiger partial charge in [-0.1, -0.05) is 32.0 Å². The molecule has 22 heavy (non-hydrogen) atoms. The second-order valence-electron chi connectivity index (χ2n) is 5.97. The number of pyridine rings is 1. The molecule has 1 saturated carbocycles. The standard InChI is InChI=1S/C18H24N2OS/c1-3-13-11-16(14-7-5-6-8-15(14)20-13)19-12-18(21)10-9-17(18)22-4-2/h5-8,11,17,21H,3-4,9-10,12H2,1-2H3,(H,19,20). The van der Waals surface area contributed by atoms with Gasteiger partial charge in [-0.15, -0.1) is 0 Å². The van der Waals surface area contributed by atoms with E-state index < -0.39 is 5.60 Å². The lowest BCUT2D eigenvalue weighted by molar-refractivity contribution is -0.0119. The number of hydrogen-bond acceptors (Lipinski definition) is 4. The van der Waals surface area contributed by atoms with E-state index in [2.05, 4.69) is 36.3 Å². The minimum absolute atomic E-state index is 0.365. The monoisotopic (exact) mass is 316 g/mol. The van der Waals surface area contributed by atoms with Crippen molar-refractivity contribution in [2.24, 2.45) is 0 Å². The highest BCUT2D eigenvalue weighted by molar-refractivity contribution is 8.00. The molecule has 0 amide bonds. The minimum Gasteiger partial charge on any atom is -0.387 e. The molecule has 3 rings (SSSR count). The maximum absolute atomic E-state index is 10.8. The molecule has 0 aliphatic heterocycles. The van der Waals surface area contributed by atoms with Crippen LogP contribution in [0.25, 0.3) is 10.9 Å². The highest BCUT2D eigenvalue weighted by atomic mass is 32.2. The molecule has 0 saturated heterocycles. The van der Waals surface area contributed by atoms with Gasteiger partial charge in [-0.3, -0.25) is 4.98 Å². The molecule has 2 N–H and O–H groups in total. The predicted molar refractivity (Wildman–Crippen MR) is 95.7 cm³/mol. The Kier molecular flexibility index (Phi) is 4.59. The Balaban J connectivity index is 1.81. The van der Waals surface area contributed by atoms with Crippen molar-refractivity contribution in [1.82, 2.24) is 4.98 Å². The van der Waals surface area contributed by atoms with Crippen molar-refractivity contribution in [1.29, 1.82) is 0 Å². The molecule has 1 aliphatic rings. The van der Waals surface area contributed by atoms with E-state index in [9.17, 15) is 5.11 Å². The first-order chi connectivity index (χ1) is 10.7. The number of nitrogens with zero attached hydrogens (tertiary/aromatic N) is 1. The SMILES string of the molecule is CCSC1CCC1(O)CNc1cc(CC)nc2ccccc12. The van der Waals surface area contributed by atoms with Gasteiger partial charge in [0.25, 0.3) is 0 Å². The van der Waals surface area contributed by atoms with Gasteiger partial charge in [-0.25, -0.2) is 0 Å². The summed E-state index contributed by atoms with van der Waals surface area (Å²) in [6.45, 7) is 4.89. The van der Waals surface area contributed by atoms with Crippen LogP contribution < -0.4 is 5.32 Å². The number of nitrogens with one attached hydrogen (secondary N) is 1. The van der Waals surface area contributed by atoms with Crippen molar-refractivity contribution < 1.29 is 5.11 Å². The Hall–Kier alpha value is -1.26. The lowest BCUT2D eigenvalue weighted by Crippen LogP contribution is -2.54. The van der Waals surface area contributed by atoms with Crippen LogP contribution in [0.5, 0.6) is 0 Å². The molecule has 0 radical (unpaired) electrons. The quantitative estimate of drug-likeness (QED) is 0.849. The van der Waals surface area contributed by atoms with Gasteiger partial charge in [0, 0.05) is 28.6 Å². The smallest absolute Gasteiger partial charge is 0.0937 e. The van der Waals surface area contributed by atoms with Crippen LogP contribution in [-0.4, -0.2) is 33.2 Å². The number of aliphatic hydroxyl groups is 1. The molecule has 2 aromatic rings. The summed E-state index contributed by atoms with van der Waals surface area (Å²) in [7, 11) is 0. The van der Waals surface area contributed by atoms with E-state index in [4.69, 9.17) is 0 Å². The number of fused-ring (bicyclic) bond motifs is 1. The molecule has 1 aromatic heterocycles. The lowest BCUT2D eigenvalue weighted by atomic mass is 9.79. The summed E-state index contributed by atoms with van der Waals surface area (Å²) in [5.41, 5.74) is 2.62. The summed E-state index contributed by atoms with van der Waals surface area (Å²) in [6.07, 6.45) is 2.92.